The van der Waals surface area contributed by atoms with Crippen molar-refractivity contribution in [2.24, 2.45) is 0 Å². The van der Waals surface area contributed by atoms with E-state index in [1.165, 1.54) is 11.3 Å². The fourth-order valence-electron chi connectivity index (χ4n) is 2.42. The summed E-state index contributed by atoms with van der Waals surface area (Å²) in [7, 11) is 1.65. The Morgan fingerprint density at radius 1 is 1.12 bits per heavy atom. The van der Waals surface area contributed by atoms with E-state index in [2.05, 4.69) is 4.98 Å². The molecule has 0 amide bonds. The van der Waals surface area contributed by atoms with E-state index in [1.807, 2.05) is 78.9 Å². The Morgan fingerprint density at radius 3 is 2.42 bits per heavy atom. The molecule has 1 N–H and O–H groups in total. The second-order valence-corrected chi connectivity index (χ2v) is 6.41. The van der Waals surface area contributed by atoms with Crippen LogP contribution in [0.2, 0.25) is 0 Å². The number of benzene rings is 1. The largest absolute Gasteiger partial charge is 0.747 e. The van der Waals surface area contributed by atoms with E-state index >= 15 is 0 Å². The van der Waals surface area contributed by atoms with Gasteiger partial charge in [-0.05, 0) is 12.1 Å². The number of aliphatic hydroxyl groups excluding tert-OH is 1. The maximum absolute atomic E-state index is 10.3. The van der Waals surface area contributed by atoms with E-state index < -0.39 is 6.10 Å². The topological polar surface area (TPSA) is 42.4 Å². The second kappa shape index (κ2) is 10.1. The van der Waals surface area contributed by atoms with Gasteiger partial charge in [0.15, 0.2) is 0 Å². The minimum absolute atomic E-state index is 0. The van der Waals surface area contributed by atoms with E-state index in [4.69, 9.17) is 4.74 Å². The molecule has 0 aliphatic rings. The van der Waals surface area contributed by atoms with Gasteiger partial charge in [-0.25, -0.2) is 17.1 Å². The zero-order valence-electron chi connectivity index (χ0n) is 14.2. The van der Waals surface area contributed by atoms with Gasteiger partial charge in [-0.2, -0.15) is 18.2 Å². The number of nitrogens with zero attached hydrogens (tertiary/aromatic N) is 1. The minimum atomic E-state index is -0.619. The molecule has 0 saturated carbocycles. The summed E-state index contributed by atoms with van der Waals surface area (Å²) < 4.78 is 5.35. The molecule has 0 aliphatic carbocycles. The molecule has 0 bridgehead atoms. The van der Waals surface area contributed by atoms with Gasteiger partial charge >= 0.3 is 0 Å². The van der Waals surface area contributed by atoms with E-state index in [1.54, 1.807) is 13.3 Å². The van der Waals surface area contributed by atoms with Gasteiger partial charge in [-0.1, -0.05) is 18.2 Å². The molecule has 3 aromatic carbocycles. The molecule has 1 heterocycles. The van der Waals surface area contributed by atoms with Crippen molar-refractivity contribution in [1.29, 1.82) is 0 Å². The summed E-state index contributed by atoms with van der Waals surface area (Å²) in [5.41, 5.74) is 1.83. The average molecular weight is 405 g/mol. The standard InChI is InChI=1S/C16H14NO2S.C5H5.Fe/c1-19-13-9-5-4-8-12(13)16-17-10-14(20-16)15(18)11-6-2-3-7-11;1-2-4-5-3-1;/h2-10,15,18H,1H3;1-5H;/q-5;-1;. The van der Waals surface area contributed by atoms with Crippen LogP contribution in [0, 0.1) is 0 Å². The summed E-state index contributed by atoms with van der Waals surface area (Å²) in [6.45, 7) is 0. The molecule has 1 aromatic heterocycles. The second-order valence-electron chi connectivity index (χ2n) is 5.35. The molecule has 1 unspecified atom stereocenters. The normalized spacial score (nSPS) is 11.0. The molecule has 3 nitrogen and oxygen atoms in total. The fraction of sp³-hybridized carbons (Fsp3) is 0.0952. The van der Waals surface area contributed by atoms with Gasteiger partial charge in [0.2, 0.25) is 0 Å². The Morgan fingerprint density at radius 2 is 1.81 bits per heavy atom. The van der Waals surface area contributed by atoms with Crippen LogP contribution in [0.5, 0.6) is 5.75 Å². The molecule has 0 aliphatic heterocycles. The molecule has 0 radical (unpaired) electrons. The van der Waals surface area contributed by atoms with Crippen LogP contribution in [-0.4, -0.2) is 17.2 Å². The Bertz CT molecular complexity index is 852. The van der Waals surface area contributed by atoms with Crippen molar-refractivity contribution in [1.82, 2.24) is 4.98 Å². The van der Waals surface area contributed by atoms with E-state index in [0.29, 0.717) is 0 Å². The zero-order chi connectivity index (χ0) is 17.5. The third-order valence-corrected chi connectivity index (χ3v) is 4.77. The van der Waals surface area contributed by atoms with Gasteiger partial charge in [0, 0.05) is 28.1 Å². The van der Waals surface area contributed by atoms with Gasteiger partial charge < -0.3 is 39.7 Å². The quantitative estimate of drug-likeness (QED) is 0.383. The predicted molar refractivity (Wildman–Crippen MR) is 102 cm³/mol. The van der Waals surface area contributed by atoms with E-state index in [9.17, 15) is 5.11 Å². The van der Waals surface area contributed by atoms with E-state index in [0.717, 1.165) is 26.8 Å². The van der Waals surface area contributed by atoms with Gasteiger partial charge in [0.25, 0.3) is 0 Å². The zero-order valence-corrected chi connectivity index (χ0v) is 16.1. The smallest absolute Gasteiger partial charge is 0.129 e. The van der Waals surface area contributed by atoms with Crippen LogP contribution in [-0.2, 0) is 17.1 Å². The first-order valence-corrected chi connectivity index (χ1v) is 8.76. The first-order chi connectivity index (χ1) is 12.3. The summed E-state index contributed by atoms with van der Waals surface area (Å²) in [6.07, 6.45) is 1.11. The molecular formula is C21H19FeNO2S-6. The summed E-state index contributed by atoms with van der Waals surface area (Å²) in [5, 5.41) is 11.2. The predicted octanol–water partition coefficient (Wildman–Crippen LogP) is 5.02. The van der Waals surface area contributed by atoms with Crippen LogP contribution in [0.4, 0.5) is 0 Å². The Labute approximate surface area is 168 Å². The first kappa shape index (κ1) is 20.1. The monoisotopic (exact) mass is 405 g/mol. The molecule has 5 heteroatoms. The maximum Gasteiger partial charge on any atom is 0.129 e. The van der Waals surface area contributed by atoms with Gasteiger partial charge in [0.1, 0.15) is 10.8 Å². The SMILES string of the molecule is COc1ccccc1-c1ncc(C(O)[c-]2[cH-][cH-][cH-][cH-]2)s1.[Fe].c1cc[cH-]c1. The minimum Gasteiger partial charge on any atom is -0.747 e. The van der Waals surface area contributed by atoms with Crippen molar-refractivity contribution in [3.8, 4) is 16.3 Å². The molecular weight excluding hydrogens is 386 g/mol. The van der Waals surface area contributed by atoms with Crippen molar-refractivity contribution in [2.45, 2.75) is 6.10 Å². The summed E-state index contributed by atoms with van der Waals surface area (Å²) in [4.78, 5) is 5.24. The van der Waals surface area contributed by atoms with Crippen LogP contribution in [0.15, 0.2) is 85.1 Å². The van der Waals surface area contributed by atoms with Crippen molar-refractivity contribution in [3.05, 3.63) is 95.5 Å². The first-order valence-electron chi connectivity index (χ1n) is 7.95. The number of thiazole rings is 1. The Kier molecular flexibility index (Phi) is 7.82. The summed E-state index contributed by atoms with van der Waals surface area (Å²) in [6, 6.07) is 25.4. The molecule has 4 rings (SSSR count). The molecule has 140 valence electrons. The molecule has 0 fully saturated rings. The van der Waals surface area contributed by atoms with Crippen molar-refractivity contribution in [2.75, 3.05) is 7.11 Å². The third-order valence-electron chi connectivity index (χ3n) is 3.69. The Balaban J connectivity index is 0.000000351. The number of ether oxygens (including phenoxy) is 1. The van der Waals surface area contributed by atoms with Gasteiger partial charge in [0.05, 0.1) is 12.7 Å². The van der Waals surface area contributed by atoms with Gasteiger partial charge in [-0.3, -0.25) is 0 Å². The average Bonchev–Trinajstić information content (AvgIpc) is 3.45. The number of hydrogen-bond acceptors (Lipinski definition) is 4. The number of methoxy groups -OCH3 is 1. The maximum atomic E-state index is 10.3. The molecule has 0 spiro atoms. The Hall–Kier alpha value is -2.17. The third kappa shape index (κ3) is 4.93. The number of hydrogen-bond donors (Lipinski definition) is 1. The molecule has 0 saturated heterocycles. The number of rotatable bonds is 4. The van der Waals surface area contributed by atoms with Crippen molar-refractivity contribution < 1.29 is 26.9 Å². The number of para-hydroxylation sites is 1. The fourth-order valence-corrected chi connectivity index (χ4v) is 3.38. The van der Waals surface area contributed by atoms with Crippen molar-refractivity contribution in [3.63, 3.8) is 0 Å². The molecule has 1 atom stereocenters. The van der Waals surface area contributed by atoms with Crippen LogP contribution < -0.4 is 4.74 Å². The number of aromatic nitrogens is 1. The number of aliphatic hydroxyl groups is 1. The molecule has 4 aromatic rings. The summed E-state index contributed by atoms with van der Waals surface area (Å²) >= 11 is 1.48. The van der Waals surface area contributed by atoms with E-state index in [-0.39, 0.29) is 17.1 Å². The van der Waals surface area contributed by atoms with Crippen LogP contribution in [0.3, 0.4) is 0 Å². The van der Waals surface area contributed by atoms with Crippen LogP contribution in [0.1, 0.15) is 16.5 Å². The van der Waals surface area contributed by atoms with Crippen LogP contribution in [0.25, 0.3) is 10.6 Å². The van der Waals surface area contributed by atoms with Gasteiger partial charge in [-0.15, -0.1) is 11.3 Å². The van der Waals surface area contributed by atoms with Crippen molar-refractivity contribution >= 4 is 11.3 Å². The van der Waals surface area contributed by atoms with Crippen LogP contribution >= 0.6 is 11.3 Å². The molecule has 26 heavy (non-hydrogen) atoms. The summed E-state index contributed by atoms with van der Waals surface area (Å²) in [5.74, 6) is 0.788.